The topological polar surface area (TPSA) is 71.0 Å². The van der Waals surface area contributed by atoms with Gasteiger partial charge in [-0.2, -0.15) is 0 Å². The number of halogens is 1. The van der Waals surface area contributed by atoms with Crippen molar-refractivity contribution in [3.05, 3.63) is 29.6 Å². The number of aliphatic hydroxyl groups excluding tert-OH is 1. The van der Waals surface area contributed by atoms with Gasteiger partial charge in [0.15, 0.2) is 11.6 Å². The van der Waals surface area contributed by atoms with E-state index in [0.29, 0.717) is 19.6 Å². The molecule has 0 aromatic heterocycles. The van der Waals surface area contributed by atoms with Crippen LogP contribution in [0, 0.1) is 5.82 Å². The maximum Gasteiger partial charge on any atom is 0.253 e. The van der Waals surface area contributed by atoms with Crippen LogP contribution in [0.4, 0.5) is 4.39 Å². The molecule has 1 aliphatic heterocycles. The molecular weight excluding hydrogens is 339 g/mol. The normalized spacial score (nSPS) is 21.3. The van der Waals surface area contributed by atoms with Gasteiger partial charge >= 0.3 is 0 Å². The van der Waals surface area contributed by atoms with Crippen molar-refractivity contribution in [3.8, 4) is 5.75 Å². The number of nitrogens with zero attached hydrogens (tertiary/aromatic N) is 1. The van der Waals surface area contributed by atoms with Crippen molar-refractivity contribution in [2.75, 3.05) is 32.9 Å². The molecule has 0 unspecified atom stereocenters. The number of amides is 1. The molecule has 26 heavy (non-hydrogen) atoms. The Labute approximate surface area is 153 Å². The number of nitrogens with one attached hydrogen (secondary N) is 1. The number of rotatable bonds is 8. The summed E-state index contributed by atoms with van der Waals surface area (Å²) in [6.45, 7) is 4.01. The minimum absolute atomic E-state index is 0.00288. The quantitative estimate of drug-likeness (QED) is 0.685. The van der Waals surface area contributed by atoms with E-state index in [4.69, 9.17) is 14.6 Å². The number of benzene rings is 1. The van der Waals surface area contributed by atoms with Crippen LogP contribution >= 0.6 is 0 Å². The fraction of sp³-hybridized carbons (Fsp3) is 0.632. The molecule has 0 spiro atoms. The summed E-state index contributed by atoms with van der Waals surface area (Å²) in [7, 11) is 0. The molecule has 0 bridgehead atoms. The Kier molecular flexibility index (Phi) is 6.45. The maximum absolute atomic E-state index is 14.0. The molecule has 1 aromatic carbocycles. The van der Waals surface area contributed by atoms with E-state index in [0.717, 1.165) is 24.9 Å². The van der Waals surface area contributed by atoms with Gasteiger partial charge in [-0.3, -0.25) is 4.79 Å². The lowest BCUT2D eigenvalue weighted by Crippen LogP contribution is -2.50. The Morgan fingerprint density at radius 2 is 2.31 bits per heavy atom. The maximum atomic E-state index is 14.0. The average Bonchev–Trinajstić information content (AvgIpc) is 3.49. The van der Waals surface area contributed by atoms with E-state index in [-0.39, 0.29) is 37.0 Å². The second kappa shape index (κ2) is 8.79. The highest BCUT2D eigenvalue weighted by Gasteiger charge is 2.40. The number of hydrogen-bond acceptors (Lipinski definition) is 5. The molecule has 2 fully saturated rings. The van der Waals surface area contributed by atoms with E-state index in [2.05, 4.69) is 5.32 Å². The SMILES string of the molecule is C[C@H](c1ccc(F)c(OCCCO)c1)N(C(=O)[C@H]1CNCCO1)C1CC1. The number of carbonyl (C=O) groups is 1. The molecule has 0 radical (unpaired) electrons. The van der Waals surface area contributed by atoms with Crippen molar-refractivity contribution in [2.24, 2.45) is 0 Å². The minimum Gasteiger partial charge on any atom is -0.490 e. The zero-order chi connectivity index (χ0) is 18.5. The molecule has 1 heterocycles. The van der Waals surface area contributed by atoms with Gasteiger partial charge in [-0.1, -0.05) is 6.07 Å². The lowest BCUT2D eigenvalue weighted by Gasteiger charge is -2.34. The monoisotopic (exact) mass is 366 g/mol. The second-order valence-electron chi connectivity index (χ2n) is 6.83. The molecule has 1 aromatic rings. The molecule has 2 N–H and O–H groups in total. The third-order valence-electron chi connectivity index (χ3n) is 4.81. The molecule has 3 rings (SSSR count). The first-order chi connectivity index (χ1) is 12.6. The van der Waals surface area contributed by atoms with Gasteiger partial charge in [0.1, 0.15) is 6.10 Å². The van der Waals surface area contributed by atoms with Gasteiger partial charge in [0.25, 0.3) is 5.91 Å². The summed E-state index contributed by atoms with van der Waals surface area (Å²) in [5, 5.41) is 12.0. The summed E-state index contributed by atoms with van der Waals surface area (Å²) in [5.41, 5.74) is 0.828. The molecule has 1 aliphatic carbocycles. The van der Waals surface area contributed by atoms with Crippen molar-refractivity contribution in [3.63, 3.8) is 0 Å². The lowest BCUT2D eigenvalue weighted by molar-refractivity contribution is -0.148. The smallest absolute Gasteiger partial charge is 0.253 e. The highest BCUT2D eigenvalue weighted by atomic mass is 19.1. The van der Waals surface area contributed by atoms with Crippen LogP contribution in [0.1, 0.15) is 37.8 Å². The predicted octanol–water partition coefficient (Wildman–Crippen LogP) is 1.63. The van der Waals surface area contributed by atoms with Gasteiger partial charge < -0.3 is 24.8 Å². The van der Waals surface area contributed by atoms with Crippen molar-refractivity contribution in [2.45, 2.75) is 44.4 Å². The van der Waals surface area contributed by atoms with Gasteiger partial charge in [0, 0.05) is 32.2 Å². The lowest BCUT2D eigenvalue weighted by atomic mass is 10.0. The van der Waals surface area contributed by atoms with E-state index >= 15 is 0 Å². The summed E-state index contributed by atoms with van der Waals surface area (Å²) in [6.07, 6.45) is 1.94. The Morgan fingerprint density at radius 1 is 1.50 bits per heavy atom. The van der Waals surface area contributed by atoms with E-state index in [9.17, 15) is 9.18 Å². The van der Waals surface area contributed by atoms with Gasteiger partial charge in [-0.25, -0.2) is 4.39 Å². The van der Waals surface area contributed by atoms with Crippen LogP contribution in [0.25, 0.3) is 0 Å². The summed E-state index contributed by atoms with van der Waals surface area (Å²) in [4.78, 5) is 14.9. The molecule has 7 heteroatoms. The highest BCUT2D eigenvalue weighted by molar-refractivity contribution is 5.82. The number of ether oxygens (including phenoxy) is 2. The van der Waals surface area contributed by atoms with Crippen LogP contribution in [0.2, 0.25) is 0 Å². The van der Waals surface area contributed by atoms with E-state index < -0.39 is 11.9 Å². The van der Waals surface area contributed by atoms with Crippen molar-refractivity contribution < 1.29 is 23.8 Å². The highest BCUT2D eigenvalue weighted by Crippen LogP contribution is 2.36. The van der Waals surface area contributed by atoms with Gasteiger partial charge in [-0.15, -0.1) is 0 Å². The largest absolute Gasteiger partial charge is 0.490 e. The van der Waals surface area contributed by atoms with Crippen LogP contribution in [-0.4, -0.2) is 61.0 Å². The predicted molar refractivity (Wildman–Crippen MR) is 94.5 cm³/mol. The van der Waals surface area contributed by atoms with Gasteiger partial charge in [0.05, 0.1) is 19.3 Å². The molecule has 144 valence electrons. The zero-order valence-corrected chi connectivity index (χ0v) is 15.1. The molecule has 2 atom stereocenters. The number of aliphatic hydroxyl groups is 1. The second-order valence-corrected chi connectivity index (χ2v) is 6.83. The molecular formula is C19H27FN2O4. The first-order valence-electron chi connectivity index (χ1n) is 9.29. The minimum atomic E-state index is -0.465. The Morgan fingerprint density at radius 3 is 2.96 bits per heavy atom. The Hall–Kier alpha value is -1.70. The standard InChI is InChI=1S/C19H27FN2O4/c1-13(14-3-6-16(20)17(11-14)25-9-2-8-23)22(15-4-5-15)19(24)18-12-21-7-10-26-18/h3,6,11,13,15,18,21,23H,2,4-5,7-10,12H2,1H3/t13-,18-/m1/s1. The van der Waals surface area contributed by atoms with Crippen LogP contribution in [0.15, 0.2) is 18.2 Å². The van der Waals surface area contributed by atoms with Gasteiger partial charge in [0.2, 0.25) is 0 Å². The van der Waals surface area contributed by atoms with Crippen molar-refractivity contribution in [1.29, 1.82) is 0 Å². The third kappa shape index (κ3) is 4.52. The fourth-order valence-electron chi connectivity index (χ4n) is 3.23. The third-order valence-corrected chi connectivity index (χ3v) is 4.81. The summed E-state index contributed by atoms with van der Waals surface area (Å²) < 4.78 is 25.0. The summed E-state index contributed by atoms with van der Waals surface area (Å²) in [6, 6.07) is 4.74. The van der Waals surface area contributed by atoms with Crippen LogP contribution in [-0.2, 0) is 9.53 Å². The fourth-order valence-corrected chi connectivity index (χ4v) is 3.23. The molecule has 1 saturated heterocycles. The van der Waals surface area contributed by atoms with E-state index in [1.165, 1.54) is 6.07 Å². The molecule has 2 aliphatic rings. The Balaban J connectivity index is 1.75. The molecule has 1 saturated carbocycles. The summed E-state index contributed by atoms with van der Waals surface area (Å²) in [5.74, 6) is -0.302. The Bertz CT molecular complexity index is 618. The number of hydrogen-bond donors (Lipinski definition) is 2. The number of morpholine rings is 1. The van der Waals surface area contributed by atoms with Crippen LogP contribution in [0.5, 0.6) is 5.75 Å². The van der Waals surface area contributed by atoms with Crippen LogP contribution in [0.3, 0.4) is 0 Å². The first kappa shape index (κ1) is 19.1. The average molecular weight is 366 g/mol. The zero-order valence-electron chi connectivity index (χ0n) is 15.1. The van der Waals surface area contributed by atoms with Crippen LogP contribution < -0.4 is 10.1 Å². The van der Waals surface area contributed by atoms with E-state index in [1.54, 1.807) is 12.1 Å². The van der Waals surface area contributed by atoms with Crippen molar-refractivity contribution >= 4 is 5.91 Å². The molecule has 6 nitrogen and oxygen atoms in total. The molecule has 1 amide bonds. The van der Waals surface area contributed by atoms with Crippen molar-refractivity contribution in [1.82, 2.24) is 10.2 Å². The summed E-state index contributed by atoms with van der Waals surface area (Å²) >= 11 is 0. The first-order valence-corrected chi connectivity index (χ1v) is 9.29. The van der Waals surface area contributed by atoms with Gasteiger partial charge in [-0.05, 0) is 37.5 Å². The van der Waals surface area contributed by atoms with E-state index in [1.807, 2.05) is 11.8 Å². The number of carbonyl (C=O) groups excluding carboxylic acids is 1.